The first-order valence-electron chi connectivity index (χ1n) is 5.89. The quantitative estimate of drug-likeness (QED) is 0.534. The maximum Gasteiger partial charge on any atom is 0.330 e. The average molecular weight is 260 g/mol. The molecule has 0 radical (unpaired) electrons. The summed E-state index contributed by atoms with van der Waals surface area (Å²) >= 11 is 0. The third kappa shape index (κ3) is 4.06. The van der Waals surface area contributed by atoms with Crippen LogP contribution in [0.15, 0.2) is 12.2 Å². The van der Waals surface area contributed by atoms with E-state index < -0.39 is 36.7 Å². The van der Waals surface area contributed by atoms with Crippen LogP contribution >= 0.6 is 0 Å². The van der Waals surface area contributed by atoms with E-state index in [2.05, 4.69) is 0 Å². The second kappa shape index (κ2) is 6.29. The molecular formula is C12H20O6. The summed E-state index contributed by atoms with van der Waals surface area (Å²) in [6.07, 6.45) is 0.317. The molecule has 1 heterocycles. The number of carbonyl (C=O) groups is 1. The van der Waals surface area contributed by atoms with Gasteiger partial charge in [-0.25, -0.2) is 4.79 Å². The van der Waals surface area contributed by atoms with Gasteiger partial charge in [0.2, 0.25) is 0 Å². The topological polar surface area (TPSA) is 85.2 Å². The molecule has 0 aromatic rings. The van der Waals surface area contributed by atoms with Crippen LogP contribution in [-0.2, 0) is 19.0 Å². The molecule has 1 rings (SSSR count). The molecule has 0 amide bonds. The zero-order chi connectivity index (χ0) is 13.8. The fourth-order valence-electron chi connectivity index (χ4n) is 1.73. The van der Waals surface area contributed by atoms with Gasteiger partial charge in [0.05, 0.1) is 13.2 Å². The molecule has 1 aliphatic heterocycles. The lowest BCUT2D eigenvalue weighted by atomic mass is 10.1. The summed E-state index contributed by atoms with van der Waals surface area (Å²) in [4.78, 5) is 11.2. The molecule has 1 fully saturated rings. The van der Waals surface area contributed by atoms with E-state index in [1.54, 1.807) is 20.8 Å². The van der Waals surface area contributed by atoms with Crippen LogP contribution in [0.25, 0.3) is 0 Å². The minimum atomic E-state index is -1.07. The lowest BCUT2D eigenvalue weighted by molar-refractivity contribution is -0.155. The first-order chi connectivity index (χ1) is 8.39. The van der Waals surface area contributed by atoms with Gasteiger partial charge < -0.3 is 24.4 Å². The second-order valence-electron chi connectivity index (χ2n) is 4.43. The first kappa shape index (κ1) is 15.1. The predicted octanol–water partition coefficient (Wildman–Crippen LogP) is -0.0210. The van der Waals surface area contributed by atoms with Crippen LogP contribution in [0.2, 0.25) is 0 Å². The van der Waals surface area contributed by atoms with E-state index in [1.807, 2.05) is 0 Å². The van der Waals surface area contributed by atoms with Crippen LogP contribution in [0.3, 0.4) is 0 Å². The van der Waals surface area contributed by atoms with Gasteiger partial charge in [-0.2, -0.15) is 0 Å². The highest BCUT2D eigenvalue weighted by Crippen LogP contribution is 2.30. The Kier molecular flexibility index (Phi) is 5.28. The van der Waals surface area contributed by atoms with E-state index in [0.29, 0.717) is 6.61 Å². The zero-order valence-corrected chi connectivity index (χ0v) is 10.8. The van der Waals surface area contributed by atoms with Crippen LogP contribution in [-0.4, -0.2) is 53.5 Å². The fraction of sp³-hybridized carbons (Fsp3) is 0.750. The van der Waals surface area contributed by atoms with Crippen LogP contribution in [0.1, 0.15) is 20.8 Å². The standard InChI is InChI=1S/C12H20O6/c1-4-16-10(15)6-5-9-11(8(14)7-13)18-12(2,3)17-9/h5-6,8-9,11,13-14H,4,7H2,1-3H3/b6-5-/t8-,9+,11-/m1/s1. The summed E-state index contributed by atoms with van der Waals surface area (Å²) in [5.41, 5.74) is 0. The molecule has 0 aromatic carbocycles. The number of rotatable bonds is 5. The number of aliphatic hydroxyl groups is 2. The summed E-state index contributed by atoms with van der Waals surface area (Å²) in [5.74, 6) is -1.35. The second-order valence-corrected chi connectivity index (χ2v) is 4.43. The number of hydrogen-bond donors (Lipinski definition) is 2. The molecular weight excluding hydrogens is 240 g/mol. The summed E-state index contributed by atoms with van der Waals surface area (Å²) in [7, 11) is 0. The Balaban J connectivity index is 2.69. The number of carbonyl (C=O) groups excluding carboxylic acids is 1. The molecule has 0 aliphatic carbocycles. The molecule has 6 nitrogen and oxygen atoms in total. The highest BCUT2D eigenvalue weighted by molar-refractivity contribution is 5.81. The van der Waals surface area contributed by atoms with Crippen molar-refractivity contribution in [1.82, 2.24) is 0 Å². The molecule has 0 unspecified atom stereocenters. The average Bonchev–Trinajstić information content (AvgIpc) is 2.61. The third-order valence-corrected chi connectivity index (χ3v) is 2.44. The van der Waals surface area contributed by atoms with Gasteiger partial charge in [-0.3, -0.25) is 0 Å². The number of esters is 1. The van der Waals surface area contributed by atoms with Gasteiger partial charge in [0.15, 0.2) is 5.79 Å². The van der Waals surface area contributed by atoms with Crippen molar-refractivity contribution in [3.63, 3.8) is 0 Å². The molecule has 18 heavy (non-hydrogen) atoms. The van der Waals surface area contributed by atoms with Crippen molar-refractivity contribution in [1.29, 1.82) is 0 Å². The molecule has 3 atom stereocenters. The zero-order valence-electron chi connectivity index (χ0n) is 10.8. The monoisotopic (exact) mass is 260 g/mol. The minimum Gasteiger partial charge on any atom is -0.463 e. The van der Waals surface area contributed by atoms with Crippen LogP contribution < -0.4 is 0 Å². The van der Waals surface area contributed by atoms with E-state index in [-0.39, 0.29) is 0 Å². The van der Waals surface area contributed by atoms with E-state index in [9.17, 15) is 9.90 Å². The van der Waals surface area contributed by atoms with Crippen molar-refractivity contribution in [3.05, 3.63) is 12.2 Å². The van der Waals surface area contributed by atoms with Gasteiger partial charge >= 0.3 is 5.97 Å². The molecule has 0 saturated carbocycles. The Morgan fingerprint density at radius 2 is 2.17 bits per heavy atom. The van der Waals surface area contributed by atoms with Crippen molar-refractivity contribution in [2.75, 3.05) is 13.2 Å². The third-order valence-electron chi connectivity index (χ3n) is 2.44. The normalized spacial score (nSPS) is 28.5. The number of ether oxygens (including phenoxy) is 3. The lowest BCUT2D eigenvalue weighted by Gasteiger charge is -2.19. The van der Waals surface area contributed by atoms with Crippen molar-refractivity contribution in [2.45, 2.75) is 44.9 Å². The van der Waals surface area contributed by atoms with Gasteiger partial charge in [0, 0.05) is 6.08 Å². The number of aliphatic hydroxyl groups excluding tert-OH is 2. The Bertz CT molecular complexity index is 312. The smallest absolute Gasteiger partial charge is 0.330 e. The van der Waals surface area contributed by atoms with Gasteiger partial charge in [0.25, 0.3) is 0 Å². The minimum absolute atomic E-state index is 0.291. The molecule has 6 heteroatoms. The van der Waals surface area contributed by atoms with Crippen molar-refractivity contribution in [2.24, 2.45) is 0 Å². The molecule has 0 spiro atoms. The summed E-state index contributed by atoms with van der Waals surface area (Å²) in [6, 6.07) is 0. The van der Waals surface area contributed by atoms with E-state index in [4.69, 9.17) is 19.3 Å². The summed E-state index contributed by atoms with van der Waals surface area (Å²) in [6.45, 7) is 4.96. The van der Waals surface area contributed by atoms with Crippen molar-refractivity contribution in [3.8, 4) is 0 Å². The maximum absolute atomic E-state index is 11.2. The van der Waals surface area contributed by atoms with E-state index >= 15 is 0 Å². The highest BCUT2D eigenvalue weighted by atomic mass is 16.8. The van der Waals surface area contributed by atoms with Crippen LogP contribution in [0.4, 0.5) is 0 Å². The largest absolute Gasteiger partial charge is 0.463 e. The molecule has 1 saturated heterocycles. The molecule has 2 N–H and O–H groups in total. The van der Waals surface area contributed by atoms with Gasteiger partial charge in [0.1, 0.15) is 18.3 Å². The van der Waals surface area contributed by atoms with Gasteiger partial charge in [-0.05, 0) is 26.8 Å². The lowest BCUT2D eigenvalue weighted by Crippen LogP contribution is -2.37. The maximum atomic E-state index is 11.2. The fourth-order valence-corrected chi connectivity index (χ4v) is 1.73. The molecule has 104 valence electrons. The Morgan fingerprint density at radius 1 is 1.50 bits per heavy atom. The van der Waals surface area contributed by atoms with Crippen molar-refractivity contribution < 1.29 is 29.2 Å². The van der Waals surface area contributed by atoms with Crippen LogP contribution in [0.5, 0.6) is 0 Å². The molecule has 0 bridgehead atoms. The highest BCUT2D eigenvalue weighted by Gasteiger charge is 2.43. The predicted molar refractivity (Wildman–Crippen MR) is 62.7 cm³/mol. The van der Waals surface area contributed by atoms with Gasteiger partial charge in [-0.15, -0.1) is 0 Å². The molecule has 1 aliphatic rings. The Hall–Kier alpha value is -0.950. The SMILES string of the molecule is CCOC(=O)/C=C\[C@@H]1OC(C)(C)O[C@@H]1[C@H](O)CO. The van der Waals surface area contributed by atoms with Crippen LogP contribution in [0, 0.1) is 0 Å². The Morgan fingerprint density at radius 3 is 2.72 bits per heavy atom. The first-order valence-corrected chi connectivity index (χ1v) is 5.89. The number of hydrogen-bond acceptors (Lipinski definition) is 6. The summed E-state index contributed by atoms with van der Waals surface area (Å²) in [5, 5.41) is 18.6. The van der Waals surface area contributed by atoms with E-state index in [1.165, 1.54) is 12.2 Å². The Labute approximate surface area is 106 Å². The van der Waals surface area contributed by atoms with Gasteiger partial charge in [-0.1, -0.05) is 0 Å². The van der Waals surface area contributed by atoms with Crippen molar-refractivity contribution >= 4 is 5.97 Å². The summed E-state index contributed by atoms with van der Waals surface area (Å²) < 4.78 is 15.7. The van der Waals surface area contributed by atoms with E-state index in [0.717, 1.165) is 0 Å². The molecule has 0 aromatic heterocycles.